The third-order valence-corrected chi connectivity index (χ3v) is 5.60. The van der Waals surface area contributed by atoms with Crippen LogP contribution in [0.3, 0.4) is 0 Å². The van der Waals surface area contributed by atoms with E-state index in [2.05, 4.69) is 25.1 Å². The summed E-state index contributed by atoms with van der Waals surface area (Å²) in [5.41, 5.74) is 0.903. The highest BCUT2D eigenvalue weighted by atomic mass is 35.5. The van der Waals surface area contributed by atoms with Gasteiger partial charge < -0.3 is 9.80 Å². The van der Waals surface area contributed by atoms with Gasteiger partial charge >= 0.3 is 0 Å². The predicted molar refractivity (Wildman–Crippen MR) is 111 cm³/mol. The zero-order chi connectivity index (χ0) is 19.3. The highest BCUT2D eigenvalue weighted by Gasteiger charge is 2.22. The Balaban J connectivity index is 1.28. The fourth-order valence-corrected chi connectivity index (χ4v) is 3.82. The molecule has 0 unspecified atom stereocenters. The Bertz CT molecular complexity index is 925. The van der Waals surface area contributed by atoms with Crippen molar-refractivity contribution in [1.29, 1.82) is 0 Å². The van der Waals surface area contributed by atoms with Crippen molar-refractivity contribution in [3.63, 3.8) is 0 Å². The van der Waals surface area contributed by atoms with Crippen molar-refractivity contribution < 1.29 is 4.79 Å². The Morgan fingerprint density at radius 1 is 1.11 bits per heavy atom. The summed E-state index contributed by atoms with van der Waals surface area (Å²) in [6.45, 7) is 2.96. The van der Waals surface area contributed by atoms with Crippen LogP contribution >= 0.6 is 23.4 Å². The van der Waals surface area contributed by atoms with E-state index in [0.717, 1.165) is 24.5 Å². The van der Waals surface area contributed by atoms with Crippen LogP contribution in [-0.4, -0.2) is 62.9 Å². The van der Waals surface area contributed by atoms with Crippen molar-refractivity contribution in [3.8, 4) is 11.4 Å². The molecule has 9 heteroatoms. The summed E-state index contributed by atoms with van der Waals surface area (Å²) in [4.78, 5) is 25.4. The maximum atomic E-state index is 12.5. The highest BCUT2D eigenvalue weighted by Crippen LogP contribution is 2.21. The molecule has 7 nitrogen and oxygen atoms in total. The molecule has 0 atom stereocenters. The van der Waals surface area contributed by atoms with Gasteiger partial charge in [0, 0.05) is 43.0 Å². The Labute approximate surface area is 172 Å². The quantitative estimate of drug-likeness (QED) is 0.647. The van der Waals surface area contributed by atoms with Crippen LogP contribution in [0.25, 0.3) is 11.4 Å². The summed E-state index contributed by atoms with van der Waals surface area (Å²) in [6, 6.07) is 13.2. The average molecular weight is 415 g/mol. The molecular formula is C19H19ClN6OS. The number of pyridine rings is 1. The number of carbonyl (C=O) groups is 1. The lowest BCUT2D eigenvalue weighted by Crippen LogP contribution is -2.49. The average Bonchev–Trinajstić information content (AvgIpc) is 3.22. The second-order valence-corrected chi connectivity index (χ2v) is 7.70. The monoisotopic (exact) mass is 414 g/mol. The van der Waals surface area contributed by atoms with Crippen LogP contribution < -0.4 is 4.90 Å². The minimum atomic E-state index is 0.100. The number of halogens is 1. The molecule has 0 saturated carbocycles. The van der Waals surface area contributed by atoms with Gasteiger partial charge in [-0.1, -0.05) is 29.4 Å². The molecule has 1 aliphatic heterocycles. The number of amides is 1. The van der Waals surface area contributed by atoms with Crippen LogP contribution in [0.2, 0.25) is 5.02 Å². The molecule has 144 valence electrons. The van der Waals surface area contributed by atoms with Gasteiger partial charge in [0.2, 0.25) is 11.1 Å². The molecule has 1 aromatic carbocycles. The van der Waals surface area contributed by atoms with Gasteiger partial charge in [0.25, 0.3) is 0 Å². The van der Waals surface area contributed by atoms with E-state index in [1.165, 1.54) is 11.8 Å². The Hall–Kier alpha value is -2.58. The van der Waals surface area contributed by atoms with Gasteiger partial charge in [0.15, 0.2) is 5.82 Å². The van der Waals surface area contributed by atoms with Gasteiger partial charge in [-0.2, -0.15) is 0 Å². The molecule has 0 spiro atoms. The van der Waals surface area contributed by atoms with Gasteiger partial charge in [-0.05, 0) is 36.4 Å². The van der Waals surface area contributed by atoms with E-state index < -0.39 is 0 Å². The Morgan fingerprint density at radius 3 is 2.61 bits per heavy atom. The third kappa shape index (κ3) is 4.45. The van der Waals surface area contributed by atoms with Crippen molar-refractivity contribution in [1.82, 2.24) is 25.1 Å². The number of thioether (sulfide) groups is 1. The minimum absolute atomic E-state index is 0.100. The standard InChI is InChI=1S/C19H19ClN6OS/c20-15-6-4-14(5-7-15)18-22-19(24-23-18)28-13-17(27)26-11-9-25(10-12-26)16-3-1-2-8-21-16/h1-8H,9-13H2,(H,22,23,24). The number of carbonyl (C=O) groups excluding carboxylic acids is 1. The van der Waals surface area contributed by atoms with Crippen molar-refractivity contribution in [3.05, 3.63) is 53.7 Å². The molecule has 1 saturated heterocycles. The second-order valence-electron chi connectivity index (χ2n) is 6.32. The summed E-state index contributed by atoms with van der Waals surface area (Å²) >= 11 is 7.25. The van der Waals surface area contributed by atoms with Crippen LogP contribution in [0.1, 0.15) is 0 Å². The molecule has 1 fully saturated rings. The van der Waals surface area contributed by atoms with Crippen LogP contribution in [0.5, 0.6) is 0 Å². The first-order valence-corrected chi connectivity index (χ1v) is 10.3. The molecule has 1 amide bonds. The zero-order valence-corrected chi connectivity index (χ0v) is 16.7. The van der Waals surface area contributed by atoms with E-state index in [0.29, 0.717) is 34.8 Å². The number of rotatable bonds is 5. The number of benzene rings is 1. The van der Waals surface area contributed by atoms with Crippen LogP contribution in [0, 0.1) is 0 Å². The first kappa shape index (κ1) is 18.8. The van der Waals surface area contributed by atoms with Gasteiger partial charge in [0.1, 0.15) is 5.82 Å². The normalized spacial score (nSPS) is 14.3. The fraction of sp³-hybridized carbons (Fsp3) is 0.263. The number of nitrogens with zero attached hydrogens (tertiary/aromatic N) is 5. The number of anilines is 1. The lowest BCUT2D eigenvalue weighted by Gasteiger charge is -2.35. The van der Waals surface area contributed by atoms with Crippen molar-refractivity contribution in [2.24, 2.45) is 0 Å². The van der Waals surface area contributed by atoms with Crippen molar-refractivity contribution >= 4 is 35.1 Å². The van der Waals surface area contributed by atoms with Gasteiger partial charge in [-0.3, -0.25) is 9.89 Å². The number of hydrogen-bond acceptors (Lipinski definition) is 6. The number of aromatic amines is 1. The number of hydrogen-bond donors (Lipinski definition) is 1. The lowest BCUT2D eigenvalue weighted by atomic mass is 10.2. The number of piperazine rings is 1. The molecule has 4 rings (SSSR count). The number of H-pyrrole nitrogens is 1. The molecule has 1 N–H and O–H groups in total. The summed E-state index contributed by atoms with van der Waals surface area (Å²) in [5.74, 6) is 2.04. The van der Waals surface area contributed by atoms with E-state index in [4.69, 9.17) is 11.6 Å². The SMILES string of the molecule is O=C(CSc1n[nH]c(-c2ccc(Cl)cc2)n1)N1CCN(c2ccccn2)CC1. The maximum Gasteiger partial charge on any atom is 0.233 e. The van der Waals surface area contributed by atoms with Crippen LogP contribution in [-0.2, 0) is 4.79 Å². The molecule has 3 aromatic rings. The molecule has 0 aliphatic carbocycles. The molecule has 28 heavy (non-hydrogen) atoms. The fourth-order valence-electron chi connectivity index (χ4n) is 2.99. The topological polar surface area (TPSA) is 78.0 Å². The van der Waals surface area contributed by atoms with E-state index in [-0.39, 0.29) is 5.91 Å². The number of aromatic nitrogens is 4. The van der Waals surface area contributed by atoms with Crippen molar-refractivity contribution in [2.75, 3.05) is 36.8 Å². The van der Waals surface area contributed by atoms with E-state index >= 15 is 0 Å². The summed E-state index contributed by atoms with van der Waals surface area (Å²) in [5, 5.41) is 8.33. The lowest BCUT2D eigenvalue weighted by molar-refractivity contribution is -0.128. The molecule has 0 bridgehead atoms. The first-order valence-electron chi connectivity index (χ1n) is 8.94. The summed E-state index contributed by atoms with van der Waals surface area (Å²) < 4.78 is 0. The molecule has 0 radical (unpaired) electrons. The third-order valence-electron chi connectivity index (χ3n) is 4.51. The molecule has 1 aliphatic rings. The molecule has 2 aromatic heterocycles. The minimum Gasteiger partial charge on any atom is -0.353 e. The van der Waals surface area contributed by atoms with E-state index in [1.807, 2.05) is 35.2 Å². The van der Waals surface area contributed by atoms with E-state index in [1.54, 1.807) is 18.3 Å². The highest BCUT2D eigenvalue weighted by molar-refractivity contribution is 7.99. The van der Waals surface area contributed by atoms with Crippen molar-refractivity contribution in [2.45, 2.75) is 5.16 Å². The molecule has 3 heterocycles. The van der Waals surface area contributed by atoms with Crippen LogP contribution in [0.15, 0.2) is 53.8 Å². The van der Waals surface area contributed by atoms with Gasteiger partial charge in [-0.25, -0.2) is 9.97 Å². The number of nitrogens with one attached hydrogen (secondary N) is 1. The smallest absolute Gasteiger partial charge is 0.233 e. The predicted octanol–water partition coefficient (Wildman–Crippen LogP) is 2.96. The van der Waals surface area contributed by atoms with Crippen LogP contribution in [0.4, 0.5) is 5.82 Å². The Kier molecular flexibility index (Phi) is 5.78. The maximum absolute atomic E-state index is 12.5. The summed E-state index contributed by atoms with van der Waals surface area (Å²) in [7, 11) is 0. The zero-order valence-electron chi connectivity index (χ0n) is 15.1. The molecular weight excluding hydrogens is 396 g/mol. The van der Waals surface area contributed by atoms with E-state index in [9.17, 15) is 4.79 Å². The first-order chi connectivity index (χ1) is 13.7. The second kappa shape index (κ2) is 8.62. The van der Waals surface area contributed by atoms with Gasteiger partial charge in [-0.15, -0.1) is 5.10 Å². The Morgan fingerprint density at radius 2 is 1.89 bits per heavy atom. The largest absolute Gasteiger partial charge is 0.353 e. The van der Waals surface area contributed by atoms with Gasteiger partial charge in [0.05, 0.1) is 5.75 Å². The summed E-state index contributed by atoms with van der Waals surface area (Å²) in [6.07, 6.45) is 1.79.